The molecule has 0 spiro atoms. The van der Waals surface area contributed by atoms with Crippen LogP contribution in [0.4, 0.5) is 8.78 Å². The van der Waals surface area contributed by atoms with Gasteiger partial charge in [0.25, 0.3) is 0 Å². The van der Waals surface area contributed by atoms with Gasteiger partial charge in [0.1, 0.15) is 11.6 Å². The number of hydrogen-bond donors (Lipinski definition) is 0. The Morgan fingerprint density at radius 3 is 2.32 bits per heavy atom. The summed E-state index contributed by atoms with van der Waals surface area (Å²) in [6.07, 6.45) is 0.239. The highest BCUT2D eigenvalue weighted by Crippen LogP contribution is 2.34. The van der Waals surface area contributed by atoms with Crippen molar-refractivity contribution in [3.8, 4) is 0 Å². The molecule has 2 rings (SSSR count). The van der Waals surface area contributed by atoms with E-state index in [0.29, 0.717) is 16.1 Å². The number of alkyl halides is 1. The van der Waals surface area contributed by atoms with Gasteiger partial charge in [0, 0.05) is 21.0 Å². The number of benzene rings is 2. The van der Waals surface area contributed by atoms with Crippen molar-refractivity contribution in [1.29, 1.82) is 0 Å². The summed E-state index contributed by atoms with van der Waals surface area (Å²) in [5, 5.41) is 0.369. The van der Waals surface area contributed by atoms with E-state index in [1.54, 1.807) is 18.2 Å². The van der Waals surface area contributed by atoms with E-state index in [-0.39, 0.29) is 11.4 Å². The first-order valence-corrected chi connectivity index (χ1v) is 7.18. The molecule has 0 amide bonds. The van der Waals surface area contributed by atoms with Crippen molar-refractivity contribution in [3.05, 3.63) is 69.2 Å². The molecule has 0 nitrogen and oxygen atoms in total. The minimum Gasteiger partial charge on any atom is -0.207 e. The van der Waals surface area contributed by atoms with Gasteiger partial charge in [-0.15, -0.1) is 0 Å². The van der Waals surface area contributed by atoms with E-state index >= 15 is 0 Å². The van der Waals surface area contributed by atoms with Crippen LogP contribution in [0.25, 0.3) is 0 Å². The van der Waals surface area contributed by atoms with Crippen LogP contribution < -0.4 is 0 Å². The van der Waals surface area contributed by atoms with E-state index in [1.807, 2.05) is 0 Å². The molecule has 0 bridgehead atoms. The van der Waals surface area contributed by atoms with Gasteiger partial charge in [-0.1, -0.05) is 57.3 Å². The fourth-order valence-corrected chi connectivity index (χ4v) is 2.88. The number of halogens is 5. The number of hydrogen-bond acceptors (Lipinski definition) is 0. The summed E-state index contributed by atoms with van der Waals surface area (Å²) < 4.78 is 27.5. The summed E-state index contributed by atoms with van der Waals surface area (Å²) >= 11 is 15.0. The van der Waals surface area contributed by atoms with Crippen LogP contribution in [0.15, 0.2) is 36.4 Å². The maximum absolute atomic E-state index is 13.9. The predicted molar refractivity (Wildman–Crippen MR) is 78.2 cm³/mol. The molecule has 2 aromatic carbocycles. The Balaban J connectivity index is 2.31. The standard InChI is InChI=1S/C14H9BrCl2F2/c15-10(8-3-1-5-12(17)14(8)19)7-9-11(16)4-2-6-13(9)18/h1-6,10H,7H2. The van der Waals surface area contributed by atoms with E-state index in [9.17, 15) is 8.78 Å². The lowest BCUT2D eigenvalue weighted by Gasteiger charge is -2.13. The van der Waals surface area contributed by atoms with Gasteiger partial charge in [0.2, 0.25) is 0 Å². The second kappa shape index (κ2) is 6.21. The molecule has 5 heteroatoms. The van der Waals surface area contributed by atoms with Crippen molar-refractivity contribution in [3.63, 3.8) is 0 Å². The third-order valence-electron chi connectivity index (χ3n) is 2.76. The molecule has 0 aliphatic carbocycles. The average Bonchev–Trinajstić information content (AvgIpc) is 2.37. The van der Waals surface area contributed by atoms with Crippen molar-refractivity contribution in [2.75, 3.05) is 0 Å². The van der Waals surface area contributed by atoms with Crippen LogP contribution >= 0.6 is 39.1 Å². The summed E-state index contributed by atoms with van der Waals surface area (Å²) in [5.74, 6) is -0.905. The first-order valence-electron chi connectivity index (χ1n) is 5.51. The minimum atomic E-state index is -0.501. The summed E-state index contributed by atoms with van der Waals surface area (Å²) in [4.78, 5) is -0.402. The van der Waals surface area contributed by atoms with Gasteiger partial charge in [-0.3, -0.25) is 0 Å². The van der Waals surface area contributed by atoms with Gasteiger partial charge in [-0.2, -0.15) is 0 Å². The molecule has 0 heterocycles. The van der Waals surface area contributed by atoms with Crippen molar-refractivity contribution in [1.82, 2.24) is 0 Å². The molecular formula is C14H9BrCl2F2. The normalized spacial score (nSPS) is 12.5. The van der Waals surface area contributed by atoms with E-state index in [1.165, 1.54) is 18.2 Å². The quantitative estimate of drug-likeness (QED) is 0.589. The van der Waals surface area contributed by atoms with Crippen molar-refractivity contribution in [2.24, 2.45) is 0 Å². The molecular weight excluding hydrogens is 357 g/mol. The average molecular weight is 366 g/mol. The molecule has 0 radical (unpaired) electrons. The number of rotatable bonds is 3. The van der Waals surface area contributed by atoms with E-state index in [4.69, 9.17) is 23.2 Å². The minimum absolute atomic E-state index is 0.0431. The highest BCUT2D eigenvalue weighted by Gasteiger charge is 2.18. The molecule has 1 atom stereocenters. The summed E-state index contributed by atoms with van der Waals surface area (Å²) in [6, 6.07) is 9.19. The van der Waals surface area contributed by atoms with Crippen LogP contribution in [0.5, 0.6) is 0 Å². The fraction of sp³-hybridized carbons (Fsp3) is 0.143. The lowest BCUT2D eigenvalue weighted by molar-refractivity contribution is 0.594. The van der Waals surface area contributed by atoms with Gasteiger partial charge >= 0.3 is 0 Å². The highest BCUT2D eigenvalue weighted by atomic mass is 79.9. The Morgan fingerprint density at radius 2 is 1.63 bits per heavy atom. The lowest BCUT2D eigenvalue weighted by atomic mass is 10.0. The van der Waals surface area contributed by atoms with E-state index in [2.05, 4.69) is 15.9 Å². The molecule has 0 fully saturated rings. The second-order valence-corrected chi connectivity index (χ2v) is 5.93. The Bertz CT molecular complexity index is 582. The molecule has 1 unspecified atom stereocenters. The van der Waals surface area contributed by atoms with Crippen LogP contribution in [-0.2, 0) is 6.42 Å². The van der Waals surface area contributed by atoms with Crippen molar-refractivity contribution < 1.29 is 8.78 Å². The van der Waals surface area contributed by atoms with Gasteiger partial charge in [0.15, 0.2) is 0 Å². The van der Waals surface area contributed by atoms with Crippen molar-refractivity contribution in [2.45, 2.75) is 11.2 Å². The lowest BCUT2D eigenvalue weighted by Crippen LogP contribution is -2.01. The largest absolute Gasteiger partial charge is 0.207 e. The second-order valence-electron chi connectivity index (χ2n) is 4.01. The molecule has 19 heavy (non-hydrogen) atoms. The summed E-state index contributed by atoms with van der Waals surface area (Å²) in [6.45, 7) is 0. The van der Waals surface area contributed by atoms with E-state index in [0.717, 1.165) is 0 Å². The molecule has 100 valence electrons. The van der Waals surface area contributed by atoms with Gasteiger partial charge < -0.3 is 0 Å². The first-order chi connectivity index (χ1) is 9.00. The first kappa shape index (κ1) is 14.8. The molecule has 0 saturated heterocycles. The Morgan fingerprint density at radius 1 is 1.00 bits per heavy atom. The predicted octanol–water partition coefficient (Wildman–Crippen LogP) is 5.95. The molecule has 0 aliphatic rings. The van der Waals surface area contributed by atoms with Crippen LogP contribution in [-0.4, -0.2) is 0 Å². The van der Waals surface area contributed by atoms with Gasteiger partial charge in [-0.25, -0.2) is 8.78 Å². The zero-order valence-corrected chi connectivity index (χ0v) is 12.7. The van der Waals surface area contributed by atoms with Crippen LogP contribution in [0.2, 0.25) is 10.0 Å². The zero-order valence-electron chi connectivity index (χ0n) is 9.64. The van der Waals surface area contributed by atoms with Crippen LogP contribution in [0.3, 0.4) is 0 Å². The molecule has 0 aromatic heterocycles. The summed E-state index contributed by atoms with van der Waals surface area (Å²) in [5.41, 5.74) is 0.734. The van der Waals surface area contributed by atoms with Crippen LogP contribution in [0, 0.1) is 11.6 Å². The Labute approximate surface area is 128 Å². The SMILES string of the molecule is Fc1cccc(Cl)c1CC(Br)c1cccc(Cl)c1F. The maximum Gasteiger partial charge on any atom is 0.146 e. The van der Waals surface area contributed by atoms with Crippen LogP contribution in [0.1, 0.15) is 16.0 Å². The smallest absolute Gasteiger partial charge is 0.146 e. The summed E-state index contributed by atoms with van der Waals surface area (Å²) in [7, 11) is 0. The van der Waals surface area contributed by atoms with Crippen molar-refractivity contribution >= 4 is 39.1 Å². The van der Waals surface area contributed by atoms with E-state index < -0.39 is 16.5 Å². The molecule has 0 aliphatic heterocycles. The highest BCUT2D eigenvalue weighted by molar-refractivity contribution is 9.09. The third-order valence-corrected chi connectivity index (χ3v) is 4.23. The Hall–Kier alpha value is -0.640. The molecule has 2 aromatic rings. The fourth-order valence-electron chi connectivity index (χ4n) is 1.78. The Kier molecular flexibility index (Phi) is 4.82. The maximum atomic E-state index is 13.9. The zero-order chi connectivity index (χ0) is 14.0. The van der Waals surface area contributed by atoms with Gasteiger partial charge in [0.05, 0.1) is 5.02 Å². The monoisotopic (exact) mass is 364 g/mol. The topological polar surface area (TPSA) is 0 Å². The molecule has 0 N–H and O–H groups in total. The molecule has 0 saturated carbocycles. The third kappa shape index (κ3) is 3.28. The van der Waals surface area contributed by atoms with Gasteiger partial charge in [-0.05, 0) is 24.6 Å².